The summed E-state index contributed by atoms with van der Waals surface area (Å²) in [5.74, 6) is -2.30. The van der Waals surface area contributed by atoms with Crippen LogP contribution >= 0.6 is 0 Å². The summed E-state index contributed by atoms with van der Waals surface area (Å²) in [7, 11) is 0. The van der Waals surface area contributed by atoms with E-state index in [-0.39, 0.29) is 116 Å². The maximum atomic E-state index is 16.2. The van der Waals surface area contributed by atoms with Crippen LogP contribution in [-0.2, 0) is 21.7 Å². The molecule has 13 nitrogen and oxygen atoms in total. The third-order valence-electron chi connectivity index (χ3n) is 21.9. The molecule has 1 aliphatic heterocycles. The minimum absolute atomic E-state index is 0.0337. The van der Waals surface area contributed by atoms with Crippen molar-refractivity contribution in [2.24, 2.45) is 0 Å². The molecule has 106 heavy (non-hydrogen) atoms. The highest BCUT2D eigenvalue weighted by Crippen LogP contribution is 2.58. The molecule has 0 saturated carbocycles. The topological polar surface area (TPSA) is 185 Å². The van der Waals surface area contributed by atoms with Crippen molar-refractivity contribution in [2.45, 2.75) is 207 Å². The van der Waals surface area contributed by atoms with Gasteiger partial charge in [-0.3, -0.25) is 25.1 Å². The summed E-state index contributed by atoms with van der Waals surface area (Å²) in [6.07, 6.45) is 16.8. The van der Waals surface area contributed by atoms with Gasteiger partial charge < -0.3 is 34.7 Å². The normalized spacial score (nSPS) is 12.6. The number of carboxylic acids is 1. The number of benzene rings is 11. The quantitative estimate of drug-likeness (QED) is 0.00662. The lowest BCUT2D eigenvalue weighted by Crippen LogP contribution is -2.34. The van der Waals surface area contributed by atoms with Crippen LogP contribution in [0.3, 0.4) is 0 Å². The number of para-hydroxylation sites is 2. The Balaban J connectivity index is 1.28. The minimum atomic E-state index is -1.49. The van der Waals surface area contributed by atoms with Crippen LogP contribution in [0.15, 0.2) is 176 Å². The summed E-state index contributed by atoms with van der Waals surface area (Å²) in [4.78, 5) is 61.9. The van der Waals surface area contributed by atoms with Crippen LogP contribution in [0, 0.1) is 5.41 Å². The van der Waals surface area contributed by atoms with Gasteiger partial charge in [0.2, 0.25) is 0 Å². The Morgan fingerprint density at radius 1 is 0.387 bits per heavy atom. The van der Waals surface area contributed by atoms with Crippen molar-refractivity contribution in [3.8, 4) is 46.0 Å². The first-order chi connectivity index (χ1) is 50.9. The fraction of sp³-hybridized carbons (Fsp3) is 0.344. The molecule has 0 aliphatic carbocycles. The molecule has 0 unspecified atom stereocenters. The van der Waals surface area contributed by atoms with E-state index in [4.69, 9.17) is 18.9 Å². The van der Waals surface area contributed by atoms with Crippen LogP contribution in [0.5, 0.6) is 46.0 Å². The molecule has 0 bridgehead atoms. The van der Waals surface area contributed by atoms with Gasteiger partial charge in [-0.1, -0.05) is 245 Å². The maximum Gasteiger partial charge on any atom is 0.340 e. The van der Waals surface area contributed by atoms with Gasteiger partial charge >= 0.3 is 5.97 Å². The van der Waals surface area contributed by atoms with E-state index >= 15 is 19.2 Å². The second kappa shape index (κ2) is 31.7. The van der Waals surface area contributed by atoms with Crippen molar-refractivity contribution in [1.29, 1.82) is 5.41 Å². The highest BCUT2D eigenvalue weighted by atomic mass is 16.5. The smallest absolute Gasteiger partial charge is 0.340 e. The number of imide groups is 1. The number of nitrogens with one attached hydrogen (secondary N) is 4. The van der Waals surface area contributed by atoms with Crippen molar-refractivity contribution in [3.05, 3.63) is 226 Å². The summed E-state index contributed by atoms with van der Waals surface area (Å²) in [6.45, 7) is 26.7. The molecule has 0 radical (unpaired) electrons. The predicted octanol–water partition coefficient (Wildman–Crippen LogP) is 25.6. The second-order valence-electron chi connectivity index (χ2n) is 31.5. The van der Waals surface area contributed by atoms with Gasteiger partial charge in [0.15, 0.2) is 5.75 Å². The minimum Gasteiger partial charge on any atom is -0.478 e. The Morgan fingerprint density at radius 3 is 1.08 bits per heavy atom. The number of hydrogen-bond acceptors (Lipinski definition) is 9. The molecule has 0 aromatic heterocycles. The lowest BCUT2D eigenvalue weighted by atomic mass is 9.79. The van der Waals surface area contributed by atoms with Gasteiger partial charge in [-0.05, 0) is 161 Å². The molecule has 0 atom stereocenters. The first-order valence-electron chi connectivity index (χ1n) is 38.3. The summed E-state index contributed by atoms with van der Waals surface area (Å²) < 4.78 is 29.6. The number of carbonyl (C=O) groups excluding carboxylic acids is 3. The number of ether oxygens (including phenoxy) is 4. The fourth-order valence-corrected chi connectivity index (χ4v) is 15.5. The molecule has 0 saturated heterocycles. The standard InChI is InChI=1S/C93H102N4O9/c1-13-17-27-51-90(5,6)58-35-43-64(44-36-58)103-71-55-68-74-69(88(100)97-87(68)99)56-73(105-66-47-39-60(40-48-66)92(9,10)53-29-19-15-3)78-79(74)76(71)77-72(104-65-45-37-59(38-46-65)91(7,8)52-28-18-14-2)57-70(86(98)96-63-33-25-22-26-34-63)75-80(77)81(78)84(83(89(101)102)82(75)85(94)95-62-31-23-21-24-32-62)106-67-49-41-61(42-50-67)93(11,12)54-30-20-16-4/h21-26,31-50,55-57H,13-20,27-30,51-54H2,1-12H3,(H2,94,95)(H,96,98)(H,101,102)(H,97,99,100). The number of aromatic carboxylic acids is 1. The number of rotatable bonds is 33. The summed E-state index contributed by atoms with van der Waals surface area (Å²) in [5, 5.41) is 33.8. The lowest BCUT2D eigenvalue weighted by Gasteiger charge is -2.29. The highest BCUT2D eigenvalue weighted by Gasteiger charge is 2.39. The Morgan fingerprint density at radius 2 is 0.717 bits per heavy atom. The molecule has 12 rings (SSSR count). The highest BCUT2D eigenvalue weighted by molar-refractivity contribution is 6.45. The molecule has 11 aromatic rings. The summed E-state index contributed by atoms with van der Waals surface area (Å²) in [5.41, 5.74) is 3.94. The van der Waals surface area contributed by atoms with Crippen LogP contribution in [0.2, 0.25) is 0 Å². The third-order valence-corrected chi connectivity index (χ3v) is 21.9. The maximum absolute atomic E-state index is 16.2. The van der Waals surface area contributed by atoms with E-state index in [2.05, 4.69) is 135 Å². The summed E-state index contributed by atoms with van der Waals surface area (Å²) >= 11 is 0. The number of hydrogen-bond donors (Lipinski definition) is 5. The van der Waals surface area contributed by atoms with Gasteiger partial charge in [-0.25, -0.2) is 4.79 Å². The van der Waals surface area contributed by atoms with Crippen LogP contribution in [0.4, 0.5) is 11.4 Å². The van der Waals surface area contributed by atoms with E-state index in [9.17, 15) is 10.5 Å². The van der Waals surface area contributed by atoms with Gasteiger partial charge in [0.05, 0.1) is 16.7 Å². The van der Waals surface area contributed by atoms with Crippen LogP contribution in [0.1, 0.15) is 255 Å². The molecule has 0 spiro atoms. The summed E-state index contributed by atoms with van der Waals surface area (Å²) in [6, 6.07) is 54.4. The van der Waals surface area contributed by atoms with E-state index in [1.807, 2.05) is 84.9 Å². The Labute approximate surface area is 624 Å². The van der Waals surface area contributed by atoms with E-state index in [0.717, 1.165) is 125 Å². The number of carboxylic acid groups (broad SMARTS) is 1. The number of anilines is 2. The molecule has 3 amide bonds. The molecule has 13 heteroatoms. The average Bonchev–Trinajstić information content (AvgIpc) is 0.672. The van der Waals surface area contributed by atoms with Gasteiger partial charge in [0.1, 0.15) is 51.6 Å². The Kier molecular flexibility index (Phi) is 22.4. The number of fused-ring (bicyclic) bond motifs is 2. The first-order valence-corrected chi connectivity index (χ1v) is 38.3. The van der Waals surface area contributed by atoms with Crippen LogP contribution in [-0.4, -0.2) is 34.6 Å². The van der Waals surface area contributed by atoms with Crippen molar-refractivity contribution in [1.82, 2.24) is 5.32 Å². The number of amidine groups is 1. The molecule has 1 heterocycles. The van der Waals surface area contributed by atoms with Crippen molar-refractivity contribution >= 4 is 84.0 Å². The van der Waals surface area contributed by atoms with Gasteiger partial charge in [-0.2, -0.15) is 0 Å². The van der Waals surface area contributed by atoms with Crippen LogP contribution < -0.4 is 34.9 Å². The van der Waals surface area contributed by atoms with Crippen molar-refractivity contribution < 1.29 is 43.2 Å². The van der Waals surface area contributed by atoms with Gasteiger partial charge in [0.25, 0.3) is 17.7 Å². The van der Waals surface area contributed by atoms with Crippen LogP contribution in [0.25, 0.3) is 43.1 Å². The monoisotopic (exact) mass is 1420 g/mol. The molecule has 0 fully saturated rings. The fourth-order valence-electron chi connectivity index (χ4n) is 15.5. The number of amides is 3. The van der Waals surface area contributed by atoms with Crippen molar-refractivity contribution in [3.63, 3.8) is 0 Å². The molecule has 1 aliphatic rings. The Hall–Kier alpha value is -10.5. The van der Waals surface area contributed by atoms with E-state index in [1.165, 1.54) is 0 Å². The zero-order chi connectivity index (χ0) is 75.2. The second-order valence-corrected chi connectivity index (χ2v) is 31.5. The Bertz CT molecular complexity index is 5020. The molecule has 548 valence electrons. The molecule has 5 N–H and O–H groups in total. The number of unbranched alkanes of at least 4 members (excludes halogenated alkanes) is 8. The van der Waals surface area contributed by atoms with E-state index in [1.54, 1.807) is 54.6 Å². The first kappa shape index (κ1) is 75.2. The van der Waals surface area contributed by atoms with E-state index < -0.39 is 29.3 Å². The van der Waals surface area contributed by atoms with Crippen molar-refractivity contribution in [2.75, 3.05) is 10.6 Å². The average molecular weight is 1420 g/mol. The van der Waals surface area contributed by atoms with Gasteiger partial charge in [-0.15, -0.1) is 0 Å². The SMILES string of the molecule is CCCCCC(C)(C)c1ccc(Oc2cc3c4c(cc(Oc5ccc(C(C)(C)CCCCC)cc5)c5c6c(Oc7ccc(C(C)(C)CCCCC)cc7)c(C(=O)O)c(C(=N)Nc7ccccc7)c7c(C(=O)Nc8ccccc8)cc(Oc8ccc(C(C)(C)CCCCC)cc8)c(c2c45)c76)C(=O)NC3=O)cc1. The largest absolute Gasteiger partial charge is 0.478 e. The predicted molar refractivity (Wildman–Crippen MR) is 432 cm³/mol. The lowest BCUT2D eigenvalue weighted by molar-refractivity contribution is 0.0692. The molecular weight excluding hydrogens is 1320 g/mol. The zero-order valence-electron chi connectivity index (χ0n) is 63.8. The number of carbonyl (C=O) groups is 4. The van der Waals surface area contributed by atoms with Gasteiger partial charge in [0, 0.05) is 60.0 Å². The molecule has 11 aromatic carbocycles. The third kappa shape index (κ3) is 15.7. The molecular formula is C93H102N4O9. The zero-order valence-corrected chi connectivity index (χ0v) is 63.8. The van der Waals surface area contributed by atoms with E-state index in [0.29, 0.717) is 34.0 Å².